The molecule has 0 radical (unpaired) electrons. The van der Waals surface area contributed by atoms with E-state index in [-0.39, 0.29) is 12.5 Å². The number of hydrogen-bond donors (Lipinski definition) is 2. The molecule has 0 unspecified atom stereocenters. The van der Waals surface area contributed by atoms with Gasteiger partial charge in [-0.25, -0.2) is 4.79 Å². The van der Waals surface area contributed by atoms with Crippen molar-refractivity contribution in [2.24, 2.45) is 0 Å². The molecule has 1 aromatic rings. The van der Waals surface area contributed by atoms with E-state index in [0.717, 1.165) is 11.1 Å². The predicted octanol–water partition coefficient (Wildman–Crippen LogP) is 2.58. The van der Waals surface area contributed by atoms with Crippen LogP contribution in [0.4, 0.5) is 10.5 Å². The fraction of sp³-hybridized carbons (Fsp3) is 0.385. The summed E-state index contributed by atoms with van der Waals surface area (Å²) >= 11 is 0. The Hall–Kier alpha value is -2.04. The summed E-state index contributed by atoms with van der Waals surface area (Å²) < 4.78 is 4.94. The SMILES string of the molecule is Cc1cc(NC(=O)OC(C)C)ccc1CC(=O)O. The second-order valence-corrected chi connectivity index (χ2v) is 4.29. The normalized spacial score (nSPS) is 10.2. The molecule has 0 atom stereocenters. The van der Waals surface area contributed by atoms with E-state index >= 15 is 0 Å². The second-order valence-electron chi connectivity index (χ2n) is 4.29. The third-order valence-electron chi connectivity index (χ3n) is 2.27. The topological polar surface area (TPSA) is 75.6 Å². The lowest BCUT2D eigenvalue weighted by molar-refractivity contribution is -0.136. The molecule has 18 heavy (non-hydrogen) atoms. The van der Waals surface area contributed by atoms with Crippen molar-refractivity contribution in [1.82, 2.24) is 0 Å². The molecule has 0 saturated carbocycles. The minimum absolute atomic E-state index is 0.0252. The van der Waals surface area contributed by atoms with E-state index in [1.807, 2.05) is 0 Å². The summed E-state index contributed by atoms with van der Waals surface area (Å²) in [7, 11) is 0. The molecule has 0 aliphatic rings. The van der Waals surface area contributed by atoms with Crippen LogP contribution < -0.4 is 5.32 Å². The number of aryl methyl sites for hydroxylation is 1. The van der Waals surface area contributed by atoms with Crippen molar-refractivity contribution in [2.45, 2.75) is 33.3 Å². The van der Waals surface area contributed by atoms with Gasteiger partial charge in [-0.2, -0.15) is 0 Å². The molecule has 0 fully saturated rings. The number of carboxylic acid groups (broad SMARTS) is 1. The Morgan fingerprint density at radius 1 is 1.39 bits per heavy atom. The molecule has 1 aromatic carbocycles. The Bertz CT molecular complexity index is 454. The van der Waals surface area contributed by atoms with Gasteiger partial charge in [0.15, 0.2) is 0 Å². The molecule has 0 aliphatic heterocycles. The number of anilines is 1. The maximum Gasteiger partial charge on any atom is 0.411 e. The second kappa shape index (κ2) is 6.05. The number of aliphatic carboxylic acids is 1. The van der Waals surface area contributed by atoms with Crippen LogP contribution in [-0.2, 0) is 16.0 Å². The van der Waals surface area contributed by atoms with Crippen LogP contribution in [0.1, 0.15) is 25.0 Å². The summed E-state index contributed by atoms with van der Waals surface area (Å²) in [6.07, 6.45) is -0.726. The van der Waals surface area contributed by atoms with Gasteiger partial charge in [0.25, 0.3) is 0 Å². The van der Waals surface area contributed by atoms with Crippen molar-refractivity contribution < 1.29 is 19.4 Å². The lowest BCUT2D eigenvalue weighted by atomic mass is 10.1. The highest BCUT2D eigenvalue weighted by Gasteiger charge is 2.08. The van der Waals surface area contributed by atoms with Crippen LogP contribution in [0.25, 0.3) is 0 Å². The quantitative estimate of drug-likeness (QED) is 0.862. The number of ether oxygens (including phenoxy) is 1. The van der Waals surface area contributed by atoms with E-state index in [1.165, 1.54) is 0 Å². The van der Waals surface area contributed by atoms with Gasteiger partial charge in [0, 0.05) is 5.69 Å². The summed E-state index contributed by atoms with van der Waals surface area (Å²) in [6.45, 7) is 5.33. The number of carbonyl (C=O) groups is 2. The fourth-order valence-corrected chi connectivity index (χ4v) is 1.50. The molecule has 0 saturated heterocycles. The van der Waals surface area contributed by atoms with E-state index in [4.69, 9.17) is 9.84 Å². The molecule has 1 rings (SSSR count). The highest BCUT2D eigenvalue weighted by atomic mass is 16.6. The fourth-order valence-electron chi connectivity index (χ4n) is 1.50. The first-order valence-electron chi connectivity index (χ1n) is 5.67. The average Bonchev–Trinajstić information content (AvgIpc) is 2.20. The molecule has 0 spiro atoms. The highest BCUT2D eigenvalue weighted by molar-refractivity contribution is 5.85. The van der Waals surface area contributed by atoms with Crippen LogP contribution in [0.3, 0.4) is 0 Å². The molecule has 0 heterocycles. The van der Waals surface area contributed by atoms with Crippen LogP contribution in [0.2, 0.25) is 0 Å². The first kappa shape index (κ1) is 14.0. The summed E-state index contributed by atoms with van der Waals surface area (Å²) in [4.78, 5) is 22.0. The lowest BCUT2D eigenvalue weighted by Crippen LogP contribution is -2.18. The molecule has 1 amide bonds. The summed E-state index contributed by atoms with van der Waals surface area (Å²) in [6, 6.07) is 5.07. The zero-order valence-electron chi connectivity index (χ0n) is 10.7. The zero-order valence-corrected chi connectivity index (χ0v) is 10.7. The van der Waals surface area contributed by atoms with Crippen molar-refractivity contribution in [2.75, 3.05) is 5.32 Å². The first-order chi connectivity index (χ1) is 8.38. The molecule has 0 aliphatic carbocycles. The van der Waals surface area contributed by atoms with Crippen molar-refractivity contribution in [1.29, 1.82) is 0 Å². The van der Waals surface area contributed by atoms with Crippen molar-refractivity contribution >= 4 is 17.7 Å². The maximum absolute atomic E-state index is 11.4. The predicted molar refractivity (Wildman–Crippen MR) is 67.8 cm³/mol. The van der Waals surface area contributed by atoms with Crippen molar-refractivity contribution in [3.8, 4) is 0 Å². The van der Waals surface area contributed by atoms with Gasteiger partial charge in [0.1, 0.15) is 0 Å². The Kier molecular flexibility index (Phi) is 4.71. The molecule has 0 bridgehead atoms. The van der Waals surface area contributed by atoms with Gasteiger partial charge in [-0.3, -0.25) is 10.1 Å². The smallest absolute Gasteiger partial charge is 0.411 e. The largest absolute Gasteiger partial charge is 0.481 e. The van der Waals surface area contributed by atoms with E-state index < -0.39 is 12.1 Å². The molecular formula is C13H17NO4. The van der Waals surface area contributed by atoms with Crippen molar-refractivity contribution in [3.63, 3.8) is 0 Å². The number of carbonyl (C=O) groups excluding carboxylic acids is 1. The molecule has 5 heteroatoms. The van der Waals surface area contributed by atoms with Gasteiger partial charge in [-0.15, -0.1) is 0 Å². The average molecular weight is 251 g/mol. The number of carboxylic acids is 1. The third-order valence-corrected chi connectivity index (χ3v) is 2.27. The monoisotopic (exact) mass is 251 g/mol. The Balaban J connectivity index is 2.72. The van der Waals surface area contributed by atoms with Gasteiger partial charge in [0.2, 0.25) is 0 Å². The van der Waals surface area contributed by atoms with Crippen molar-refractivity contribution in [3.05, 3.63) is 29.3 Å². The third kappa shape index (κ3) is 4.45. The number of rotatable bonds is 4. The Labute approximate surface area is 106 Å². The summed E-state index contributed by atoms with van der Waals surface area (Å²) in [5.41, 5.74) is 2.14. The van der Waals surface area contributed by atoms with E-state index in [0.29, 0.717) is 5.69 Å². The van der Waals surface area contributed by atoms with Crippen LogP contribution in [-0.4, -0.2) is 23.3 Å². The van der Waals surface area contributed by atoms with Gasteiger partial charge in [-0.05, 0) is 44.0 Å². The van der Waals surface area contributed by atoms with Crippen LogP contribution in [0.15, 0.2) is 18.2 Å². The summed E-state index contributed by atoms with van der Waals surface area (Å²) in [5.74, 6) is -0.877. The highest BCUT2D eigenvalue weighted by Crippen LogP contribution is 2.16. The Morgan fingerprint density at radius 2 is 2.06 bits per heavy atom. The maximum atomic E-state index is 11.4. The summed E-state index contributed by atoms with van der Waals surface area (Å²) in [5, 5.41) is 11.3. The minimum atomic E-state index is -0.877. The van der Waals surface area contributed by atoms with Crippen LogP contribution in [0, 0.1) is 6.92 Å². The van der Waals surface area contributed by atoms with Crippen LogP contribution in [0.5, 0.6) is 0 Å². The zero-order chi connectivity index (χ0) is 13.7. The van der Waals surface area contributed by atoms with Gasteiger partial charge in [-0.1, -0.05) is 6.07 Å². The van der Waals surface area contributed by atoms with E-state index in [1.54, 1.807) is 39.0 Å². The first-order valence-corrected chi connectivity index (χ1v) is 5.67. The molecular weight excluding hydrogens is 234 g/mol. The van der Waals surface area contributed by atoms with E-state index in [2.05, 4.69) is 5.32 Å². The number of benzene rings is 1. The van der Waals surface area contributed by atoms with E-state index in [9.17, 15) is 9.59 Å². The number of nitrogens with one attached hydrogen (secondary N) is 1. The molecule has 0 aromatic heterocycles. The van der Waals surface area contributed by atoms with Gasteiger partial charge >= 0.3 is 12.1 Å². The molecule has 98 valence electrons. The van der Waals surface area contributed by atoms with Gasteiger partial charge in [0.05, 0.1) is 12.5 Å². The molecule has 5 nitrogen and oxygen atoms in total. The lowest BCUT2D eigenvalue weighted by Gasteiger charge is -2.11. The number of hydrogen-bond acceptors (Lipinski definition) is 3. The number of amides is 1. The van der Waals surface area contributed by atoms with Gasteiger partial charge < -0.3 is 9.84 Å². The molecule has 2 N–H and O–H groups in total. The Morgan fingerprint density at radius 3 is 2.56 bits per heavy atom. The van der Waals surface area contributed by atoms with Crippen LogP contribution >= 0.6 is 0 Å². The standard InChI is InChI=1S/C13H17NO4/c1-8(2)18-13(17)14-11-5-4-10(7-12(15)16)9(3)6-11/h4-6,8H,7H2,1-3H3,(H,14,17)(H,15,16). The minimum Gasteiger partial charge on any atom is -0.481 e.